The molecule has 0 saturated carbocycles. The maximum absolute atomic E-state index is 10.5. The second-order valence-corrected chi connectivity index (χ2v) is 5.86. The highest BCUT2D eigenvalue weighted by Gasteiger charge is 2.31. The largest absolute Gasteiger partial charge is 0.490 e. The Hall–Kier alpha value is -0.970. The highest BCUT2D eigenvalue weighted by molar-refractivity contribution is 6.31. The third-order valence-electron chi connectivity index (χ3n) is 3.86. The molecule has 1 aromatic carbocycles. The van der Waals surface area contributed by atoms with Crippen molar-refractivity contribution in [3.8, 4) is 11.5 Å². The van der Waals surface area contributed by atoms with Gasteiger partial charge in [-0.25, -0.2) is 0 Å². The van der Waals surface area contributed by atoms with Crippen molar-refractivity contribution in [2.45, 2.75) is 32.0 Å². The minimum atomic E-state index is -0.635. The molecule has 0 radical (unpaired) electrons. The summed E-state index contributed by atoms with van der Waals surface area (Å²) in [5.41, 5.74) is 0.693. The SMILES string of the molecule is CC1CC(C(O)c2cc3c(cc2Cl)OCCCO3)CO1. The van der Waals surface area contributed by atoms with Gasteiger partial charge < -0.3 is 19.3 Å². The summed E-state index contributed by atoms with van der Waals surface area (Å²) in [7, 11) is 0. The lowest BCUT2D eigenvalue weighted by Crippen LogP contribution is -2.13. The maximum Gasteiger partial charge on any atom is 0.162 e. The lowest BCUT2D eigenvalue weighted by Gasteiger charge is -2.20. The first-order chi connectivity index (χ1) is 9.65. The predicted molar refractivity (Wildman–Crippen MR) is 75.5 cm³/mol. The fourth-order valence-corrected chi connectivity index (χ4v) is 3.02. The molecule has 2 aliphatic rings. The standard InChI is InChI=1S/C15H19ClO4/c1-9-5-10(8-20-9)15(17)11-6-13-14(7-12(11)16)19-4-2-3-18-13/h6-7,9-10,15,17H,2-5,8H2,1H3. The number of fused-ring (bicyclic) bond motifs is 1. The molecular weight excluding hydrogens is 280 g/mol. The van der Waals surface area contributed by atoms with E-state index in [-0.39, 0.29) is 12.0 Å². The van der Waals surface area contributed by atoms with Gasteiger partial charge in [0, 0.05) is 24.0 Å². The predicted octanol–water partition coefficient (Wildman–Crippen LogP) is 2.96. The molecule has 0 spiro atoms. The molecule has 2 heterocycles. The van der Waals surface area contributed by atoms with Gasteiger partial charge in [-0.15, -0.1) is 0 Å². The van der Waals surface area contributed by atoms with Crippen LogP contribution in [0, 0.1) is 5.92 Å². The van der Waals surface area contributed by atoms with E-state index in [0.717, 1.165) is 12.8 Å². The molecule has 1 saturated heterocycles. The second-order valence-electron chi connectivity index (χ2n) is 5.46. The van der Waals surface area contributed by atoms with Crippen LogP contribution < -0.4 is 9.47 Å². The molecule has 0 amide bonds. The summed E-state index contributed by atoms with van der Waals surface area (Å²) >= 11 is 6.29. The number of aliphatic hydroxyl groups is 1. The molecule has 1 N–H and O–H groups in total. The first-order valence-electron chi connectivity index (χ1n) is 7.04. The van der Waals surface area contributed by atoms with Crippen LogP contribution in [0.15, 0.2) is 12.1 Å². The molecule has 1 fully saturated rings. The van der Waals surface area contributed by atoms with Gasteiger partial charge in [0.05, 0.1) is 37.1 Å². The molecule has 3 rings (SSSR count). The van der Waals surface area contributed by atoms with Gasteiger partial charge in [0.1, 0.15) is 0 Å². The fourth-order valence-electron chi connectivity index (χ4n) is 2.75. The third-order valence-corrected chi connectivity index (χ3v) is 4.19. The van der Waals surface area contributed by atoms with Gasteiger partial charge >= 0.3 is 0 Å². The minimum Gasteiger partial charge on any atom is -0.490 e. The number of aliphatic hydroxyl groups excluding tert-OH is 1. The Bertz CT molecular complexity index is 491. The number of rotatable bonds is 2. The van der Waals surface area contributed by atoms with Gasteiger partial charge in [-0.3, -0.25) is 0 Å². The van der Waals surface area contributed by atoms with E-state index in [4.69, 9.17) is 25.8 Å². The zero-order valence-electron chi connectivity index (χ0n) is 11.5. The van der Waals surface area contributed by atoms with Crippen LogP contribution in [-0.4, -0.2) is 31.0 Å². The smallest absolute Gasteiger partial charge is 0.162 e. The highest BCUT2D eigenvalue weighted by atomic mass is 35.5. The Kier molecular flexibility index (Phi) is 4.06. The lowest BCUT2D eigenvalue weighted by molar-refractivity contribution is 0.0803. The van der Waals surface area contributed by atoms with Gasteiger partial charge in [-0.05, 0) is 19.4 Å². The monoisotopic (exact) mass is 298 g/mol. The molecule has 2 aliphatic heterocycles. The van der Waals surface area contributed by atoms with Crippen molar-refractivity contribution < 1.29 is 19.3 Å². The molecule has 0 aromatic heterocycles. The second kappa shape index (κ2) is 5.80. The normalized spacial score (nSPS) is 27.1. The number of halogens is 1. The summed E-state index contributed by atoms with van der Waals surface area (Å²) in [6, 6.07) is 3.54. The summed E-state index contributed by atoms with van der Waals surface area (Å²) in [4.78, 5) is 0. The van der Waals surface area contributed by atoms with E-state index in [2.05, 4.69) is 0 Å². The van der Waals surface area contributed by atoms with E-state index in [9.17, 15) is 5.11 Å². The Labute approximate surface area is 123 Å². The van der Waals surface area contributed by atoms with Gasteiger partial charge in [-0.1, -0.05) is 11.6 Å². The van der Waals surface area contributed by atoms with Crippen LogP contribution in [0.5, 0.6) is 11.5 Å². The van der Waals surface area contributed by atoms with Crippen molar-refractivity contribution in [1.82, 2.24) is 0 Å². The summed E-state index contributed by atoms with van der Waals surface area (Å²) in [6.45, 7) is 3.82. The quantitative estimate of drug-likeness (QED) is 0.912. The summed E-state index contributed by atoms with van der Waals surface area (Å²) in [5.74, 6) is 1.39. The van der Waals surface area contributed by atoms with Crippen LogP contribution >= 0.6 is 11.6 Å². The van der Waals surface area contributed by atoms with Gasteiger partial charge in [0.25, 0.3) is 0 Å². The van der Waals surface area contributed by atoms with E-state index >= 15 is 0 Å². The number of benzene rings is 1. The Morgan fingerprint density at radius 3 is 2.60 bits per heavy atom. The van der Waals surface area contributed by atoms with E-state index in [0.29, 0.717) is 41.9 Å². The van der Waals surface area contributed by atoms with Crippen LogP contribution in [0.2, 0.25) is 5.02 Å². The van der Waals surface area contributed by atoms with Gasteiger partial charge in [0.15, 0.2) is 11.5 Å². The molecule has 5 heteroatoms. The summed E-state index contributed by atoms with van der Waals surface area (Å²) in [6.07, 6.45) is 1.24. The van der Waals surface area contributed by atoms with E-state index in [1.807, 2.05) is 6.92 Å². The van der Waals surface area contributed by atoms with Crippen molar-refractivity contribution in [3.63, 3.8) is 0 Å². The Balaban J connectivity index is 1.87. The highest BCUT2D eigenvalue weighted by Crippen LogP contribution is 2.41. The van der Waals surface area contributed by atoms with Crippen LogP contribution in [0.3, 0.4) is 0 Å². The van der Waals surface area contributed by atoms with Crippen molar-refractivity contribution in [2.75, 3.05) is 19.8 Å². The van der Waals surface area contributed by atoms with Gasteiger partial charge in [0.2, 0.25) is 0 Å². The van der Waals surface area contributed by atoms with E-state index < -0.39 is 6.10 Å². The zero-order valence-corrected chi connectivity index (χ0v) is 12.2. The average Bonchev–Trinajstić information content (AvgIpc) is 2.73. The molecule has 110 valence electrons. The summed E-state index contributed by atoms with van der Waals surface area (Å²) in [5, 5.41) is 11.0. The van der Waals surface area contributed by atoms with Crippen LogP contribution in [0.4, 0.5) is 0 Å². The topological polar surface area (TPSA) is 47.9 Å². The molecule has 3 atom stereocenters. The van der Waals surface area contributed by atoms with Gasteiger partial charge in [-0.2, -0.15) is 0 Å². The van der Waals surface area contributed by atoms with Crippen molar-refractivity contribution >= 4 is 11.6 Å². The fraction of sp³-hybridized carbons (Fsp3) is 0.600. The number of hydrogen-bond donors (Lipinski definition) is 1. The Morgan fingerprint density at radius 2 is 1.95 bits per heavy atom. The summed E-state index contributed by atoms with van der Waals surface area (Å²) < 4.78 is 16.8. The molecule has 4 nitrogen and oxygen atoms in total. The maximum atomic E-state index is 10.5. The third kappa shape index (κ3) is 2.73. The average molecular weight is 299 g/mol. The van der Waals surface area contributed by atoms with Crippen LogP contribution in [0.25, 0.3) is 0 Å². The molecule has 20 heavy (non-hydrogen) atoms. The first kappa shape index (κ1) is 14.0. The Morgan fingerprint density at radius 1 is 1.25 bits per heavy atom. The van der Waals surface area contributed by atoms with Crippen LogP contribution in [-0.2, 0) is 4.74 Å². The number of hydrogen-bond acceptors (Lipinski definition) is 4. The lowest BCUT2D eigenvalue weighted by atomic mass is 9.93. The number of ether oxygens (including phenoxy) is 3. The van der Waals surface area contributed by atoms with Crippen molar-refractivity contribution in [1.29, 1.82) is 0 Å². The van der Waals surface area contributed by atoms with E-state index in [1.165, 1.54) is 0 Å². The minimum absolute atomic E-state index is 0.0762. The molecule has 1 aromatic rings. The molecule has 0 aliphatic carbocycles. The first-order valence-corrected chi connectivity index (χ1v) is 7.41. The van der Waals surface area contributed by atoms with E-state index in [1.54, 1.807) is 12.1 Å². The molecule has 0 bridgehead atoms. The van der Waals surface area contributed by atoms with Crippen molar-refractivity contribution in [3.05, 3.63) is 22.7 Å². The zero-order chi connectivity index (χ0) is 14.1. The van der Waals surface area contributed by atoms with Crippen molar-refractivity contribution in [2.24, 2.45) is 5.92 Å². The molecule has 3 unspecified atom stereocenters. The van der Waals surface area contributed by atoms with Crippen LogP contribution in [0.1, 0.15) is 31.4 Å². The molecular formula is C15H19ClO4.